The van der Waals surface area contributed by atoms with E-state index in [0.29, 0.717) is 39.1 Å². The maximum absolute atomic E-state index is 12.3. The Morgan fingerprint density at radius 1 is 1.00 bits per heavy atom. The second-order valence-electron chi connectivity index (χ2n) is 6.67. The number of nitrogens with zero attached hydrogens (tertiary/aromatic N) is 2. The molecule has 4 aromatic rings. The van der Waals surface area contributed by atoms with Crippen molar-refractivity contribution >= 4 is 50.2 Å². The van der Waals surface area contributed by atoms with Gasteiger partial charge in [0.1, 0.15) is 11.5 Å². The van der Waals surface area contributed by atoms with Crippen LogP contribution in [0.5, 0.6) is 17.4 Å². The van der Waals surface area contributed by atoms with Gasteiger partial charge in [-0.2, -0.15) is 0 Å². The molecule has 0 aliphatic heterocycles. The van der Waals surface area contributed by atoms with Crippen molar-refractivity contribution in [3.05, 3.63) is 82.4 Å². The van der Waals surface area contributed by atoms with Gasteiger partial charge in [-0.1, -0.05) is 27.5 Å². The Labute approximate surface area is 192 Å². The minimum atomic E-state index is -0.673. The molecule has 3 aromatic carbocycles. The number of halogens is 2. The van der Waals surface area contributed by atoms with Crippen LogP contribution in [-0.4, -0.2) is 22.0 Å². The normalized spacial score (nSPS) is 11.7. The topological polar surface area (TPSA) is 73.3 Å². The van der Waals surface area contributed by atoms with Crippen molar-refractivity contribution in [2.75, 3.05) is 5.32 Å². The van der Waals surface area contributed by atoms with Gasteiger partial charge in [-0.25, -0.2) is 9.97 Å². The summed E-state index contributed by atoms with van der Waals surface area (Å²) in [5.74, 6) is 1.24. The highest BCUT2D eigenvalue weighted by Crippen LogP contribution is 2.25. The summed E-state index contributed by atoms with van der Waals surface area (Å²) in [7, 11) is 0. The third-order valence-electron chi connectivity index (χ3n) is 4.32. The largest absolute Gasteiger partial charge is 0.481 e. The molecule has 156 valence electrons. The Hall–Kier alpha value is -3.16. The monoisotopic (exact) mass is 497 g/mol. The lowest BCUT2D eigenvalue weighted by atomic mass is 10.3. The average molecular weight is 499 g/mol. The minimum absolute atomic E-state index is 0.241. The summed E-state index contributed by atoms with van der Waals surface area (Å²) in [4.78, 5) is 21.1. The second kappa shape index (κ2) is 9.32. The highest BCUT2D eigenvalue weighted by Gasteiger charge is 2.15. The van der Waals surface area contributed by atoms with Crippen LogP contribution >= 0.6 is 27.5 Å². The molecular formula is C23H17BrClN3O3. The van der Waals surface area contributed by atoms with Crippen molar-refractivity contribution < 1.29 is 14.3 Å². The van der Waals surface area contributed by atoms with Crippen LogP contribution in [0.3, 0.4) is 0 Å². The molecule has 0 fully saturated rings. The zero-order chi connectivity index (χ0) is 21.8. The summed E-state index contributed by atoms with van der Waals surface area (Å²) in [5.41, 5.74) is 2.08. The molecule has 0 radical (unpaired) electrons. The molecule has 1 heterocycles. The van der Waals surface area contributed by atoms with E-state index in [1.807, 2.05) is 24.3 Å². The molecule has 4 rings (SSSR count). The van der Waals surface area contributed by atoms with Crippen molar-refractivity contribution in [3.8, 4) is 17.4 Å². The fraction of sp³-hybridized carbons (Fsp3) is 0.0870. The van der Waals surface area contributed by atoms with Crippen molar-refractivity contribution in [2.24, 2.45) is 0 Å². The number of carbonyl (C=O) groups excluding carboxylic acids is 1. The Morgan fingerprint density at radius 3 is 2.45 bits per heavy atom. The van der Waals surface area contributed by atoms with Crippen LogP contribution in [0.15, 0.2) is 77.4 Å². The molecule has 0 bridgehead atoms. The molecule has 0 aliphatic rings. The van der Waals surface area contributed by atoms with E-state index in [2.05, 4.69) is 31.2 Å². The third-order valence-corrected chi connectivity index (χ3v) is 5.09. The van der Waals surface area contributed by atoms with Gasteiger partial charge in [-0.15, -0.1) is 0 Å². The van der Waals surface area contributed by atoms with Gasteiger partial charge in [0, 0.05) is 15.2 Å². The van der Waals surface area contributed by atoms with Gasteiger partial charge in [0.25, 0.3) is 5.91 Å². The molecule has 8 heteroatoms. The molecule has 0 aliphatic carbocycles. The molecule has 6 nitrogen and oxygen atoms in total. The maximum atomic E-state index is 12.3. The van der Waals surface area contributed by atoms with E-state index in [1.54, 1.807) is 49.4 Å². The van der Waals surface area contributed by atoms with Crippen LogP contribution in [0.1, 0.15) is 6.92 Å². The molecule has 1 N–H and O–H groups in total. The van der Waals surface area contributed by atoms with E-state index < -0.39 is 6.10 Å². The number of hydrogen-bond donors (Lipinski definition) is 1. The molecule has 0 saturated carbocycles. The van der Waals surface area contributed by atoms with E-state index in [4.69, 9.17) is 21.1 Å². The Morgan fingerprint density at radius 2 is 1.71 bits per heavy atom. The van der Waals surface area contributed by atoms with Gasteiger partial charge < -0.3 is 14.8 Å². The number of aromatic nitrogens is 2. The minimum Gasteiger partial charge on any atom is -0.481 e. The first kappa shape index (κ1) is 21.1. The predicted octanol–water partition coefficient (Wildman–Crippen LogP) is 6.24. The molecule has 0 saturated heterocycles. The Balaban J connectivity index is 1.37. The van der Waals surface area contributed by atoms with Gasteiger partial charge in [-0.05, 0) is 73.7 Å². The third kappa shape index (κ3) is 5.51. The molecule has 31 heavy (non-hydrogen) atoms. The van der Waals surface area contributed by atoms with Gasteiger partial charge in [0.15, 0.2) is 6.10 Å². The molecule has 1 aromatic heterocycles. The van der Waals surface area contributed by atoms with Crippen molar-refractivity contribution in [1.29, 1.82) is 0 Å². The lowest BCUT2D eigenvalue weighted by Gasteiger charge is -2.15. The number of fused-ring (bicyclic) bond motifs is 1. The first-order chi connectivity index (χ1) is 15.0. The van der Waals surface area contributed by atoms with Crippen LogP contribution in [0, 0.1) is 0 Å². The number of nitrogens with one attached hydrogen (secondary N) is 1. The molecule has 0 unspecified atom stereocenters. The predicted molar refractivity (Wildman–Crippen MR) is 124 cm³/mol. The zero-order valence-electron chi connectivity index (χ0n) is 16.4. The smallest absolute Gasteiger partial charge is 0.265 e. The van der Waals surface area contributed by atoms with Crippen molar-refractivity contribution in [2.45, 2.75) is 13.0 Å². The number of rotatable bonds is 6. The van der Waals surface area contributed by atoms with Gasteiger partial charge in [-0.3, -0.25) is 4.79 Å². The number of hydrogen-bond acceptors (Lipinski definition) is 5. The SMILES string of the molecule is C[C@@H](Oc1ccc(Oc2cnc3cc(Cl)ccc3n2)cc1)C(=O)Nc1ccc(Br)cc1. The lowest BCUT2D eigenvalue weighted by Crippen LogP contribution is -2.30. The van der Waals surface area contributed by atoms with E-state index in [1.165, 1.54) is 6.20 Å². The van der Waals surface area contributed by atoms with E-state index in [-0.39, 0.29) is 5.91 Å². The molecule has 1 atom stereocenters. The second-order valence-corrected chi connectivity index (χ2v) is 8.02. The van der Waals surface area contributed by atoms with Crippen LogP contribution in [0.25, 0.3) is 11.0 Å². The summed E-state index contributed by atoms with van der Waals surface area (Å²) < 4.78 is 12.4. The van der Waals surface area contributed by atoms with Gasteiger partial charge in [0.05, 0.1) is 17.2 Å². The van der Waals surface area contributed by atoms with Gasteiger partial charge in [0.2, 0.25) is 5.88 Å². The molecular weight excluding hydrogens is 482 g/mol. The Bertz CT molecular complexity index is 1220. The lowest BCUT2D eigenvalue weighted by molar-refractivity contribution is -0.122. The standard InChI is InChI=1S/C23H17BrClN3O3/c1-14(23(29)27-17-5-2-15(24)3-6-17)30-18-7-9-19(10-8-18)31-22-13-26-21-12-16(25)4-11-20(21)28-22/h2-14H,1H3,(H,27,29)/t14-/m1/s1. The molecule has 1 amide bonds. The zero-order valence-corrected chi connectivity index (χ0v) is 18.7. The molecule has 0 spiro atoms. The number of ether oxygens (including phenoxy) is 2. The summed E-state index contributed by atoms with van der Waals surface area (Å²) in [5, 5.41) is 3.42. The van der Waals surface area contributed by atoms with E-state index >= 15 is 0 Å². The summed E-state index contributed by atoms with van der Waals surface area (Å²) >= 11 is 9.33. The summed E-state index contributed by atoms with van der Waals surface area (Å²) in [6.07, 6.45) is 0.867. The summed E-state index contributed by atoms with van der Waals surface area (Å²) in [6.45, 7) is 1.69. The van der Waals surface area contributed by atoms with Crippen LogP contribution in [0.2, 0.25) is 5.02 Å². The number of anilines is 1. The Kier molecular flexibility index (Phi) is 6.34. The number of amides is 1. The van der Waals surface area contributed by atoms with Crippen molar-refractivity contribution in [3.63, 3.8) is 0 Å². The van der Waals surface area contributed by atoms with E-state index in [9.17, 15) is 4.79 Å². The van der Waals surface area contributed by atoms with Crippen molar-refractivity contribution in [1.82, 2.24) is 9.97 Å². The first-order valence-electron chi connectivity index (χ1n) is 9.39. The highest BCUT2D eigenvalue weighted by molar-refractivity contribution is 9.10. The number of carbonyl (C=O) groups is 1. The quantitative estimate of drug-likeness (QED) is 0.340. The highest BCUT2D eigenvalue weighted by atomic mass is 79.9. The number of benzene rings is 3. The van der Waals surface area contributed by atoms with Crippen LogP contribution in [-0.2, 0) is 4.79 Å². The first-order valence-corrected chi connectivity index (χ1v) is 10.6. The van der Waals surface area contributed by atoms with Gasteiger partial charge >= 0.3 is 0 Å². The summed E-state index contributed by atoms with van der Waals surface area (Å²) in [6, 6.07) is 19.6. The van der Waals surface area contributed by atoms with Crippen LogP contribution < -0.4 is 14.8 Å². The fourth-order valence-corrected chi connectivity index (χ4v) is 3.19. The average Bonchev–Trinajstić information content (AvgIpc) is 2.76. The fourth-order valence-electron chi connectivity index (χ4n) is 2.76. The van der Waals surface area contributed by atoms with E-state index in [0.717, 1.165) is 4.47 Å². The van der Waals surface area contributed by atoms with Crippen LogP contribution in [0.4, 0.5) is 5.69 Å². The maximum Gasteiger partial charge on any atom is 0.265 e.